The molecule has 2 amide bonds. The van der Waals surface area contributed by atoms with Crippen molar-refractivity contribution in [2.75, 3.05) is 25.0 Å². The van der Waals surface area contributed by atoms with Crippen molar-refractivity contribution in [1.82, 2.24) is 19.8 Å². The van der Waals surface area contributed by atoms with Gasteiger partial charge in [-0.1, -0.05) is 32.9 Å². The van der Waals surface area contributed by atoms with Crippen molar-refractivity contribution in [1.29, 1.82) is 0 Å². The summed E-state index contributed by atoms with van der Waals surface area (Å²) in [6, 6.07) is 7.39. The van der Waals surface area contributed by atoms with Crippen molar-refractivity contribution in [3.8, 4) is 5.69 Å². The summed E-state index contributed by atoms with van der Waals surface area (Å²) >= 11 is 0. The fraction of sp³-hybridized carbons (Fsp3) is 0.545. The maximum absolute atomic E-state index is 12.6. The largest absolute Gasteiger partial charge is 0.336 e. The molecule has 1 fully saturated rings. The first-order valence-corrected chi connectivity index (χ1v) is 10.5. The number of piperidine rings is 1. The molecule has 0 saturated carbocycles. The van der Waals surface area contributed by atoms with E-state index < -0.39 is 0 Å². The van der Waals surface area contributed by atoms with E-state index in [1.54, 1.807) is 16.8 Å². The van der Waals surface area contributed by atoms with Gasteiger partial charge < -0.3 is 15.6 Å². The van der Waals surface area contributed by atoms with Crippen LogP contribution in [0.3, 0.4) is 0 Å². The second-order valence-corrected chi connectivity index (χ2v) is 8.45. The Balaban J connectivity index is 1.66. The summed E-state index contributed by atoms with van der Waals surface area (Å²) in [6.07, 6.45) is 4.09. The molecule has 3 N–H and O–H groups in total. The summed E-state index contributed by atoms with van der Waals surface area (Å²) in [5.41, 5.74) is 1.81. The molecule has 1 aromatic heterocycles. The Bertz CT molecular complexity index is 877. The second kappa shape index (κ2) is 9.31. The van der Waals surface area contributed by atoms with E-state index in [-0.39, 0.29) is 11.7 Å². The number of aromatic amines is 1. The zero-order valence-corrected chi connectivity index (χ0v) is 17.9. The summed E-state index contributed by atoms with van der Waals surface area (Å²) in [5, 5.41) is 5.95. The van der Waals surface area contributed by atoms with Crippen molar-refractivity contribution in [2.24, 2.45) is 11.8 Å². The molecule has 1 unspecified atom stereocenters. The van der Waals surface area contributed by atoms with Gasteiger partial charge in [0.1, 0.15) is 0 Å². The highest BCUT2D eigenvalue weighted by molar-refractivity contribution is 5.91. The first-order chi connectivity index (χ1) is 13.9. The molecule has 1 aromatic carbocycles. The minimum Gasteiger partial charge on any atom is -0.336 e. The SMILES string of the molecule is Cc1c[nH]c(=O)n1-c1ccccc1NC(=O)NCC(C(C)C)N1CCC(C)CC1. The van der Waals surface area contributed by atoms with Gasteiger partial charge >= 0.3 is 11.7 Å². The fourth-order valence-corrected chi connectivity index (χ4v) is 4.04. The molecule has 158 valence electrons. The number of hydrogen-bond donors (Lipinski definition) is 3. The van der Waals surface area contributed by atoms with Crippen LogP contribution in [0.15, 0.2) is 35.3 Å². The number of hydrogen-bond acceptors (Lipinski definition) is 3. The molecule has 1 saturated heterocycles. The number of carbonyl (C=O) groups is 1. The van der Waals surface area contributed by atoms with Crippen LogP contribution in [0.5, 0.6) is 0 Å². The molecule has 1 aliphatic heterocycles. The topological polar surface area (TPSA) is 82.2 Å². The third-order valence-corrected chi connectivity index (χ3v) is 5.88. The van der Waals surface area contributed by atoms with Crippen LogP contribution >= 0.6 is 0 Å². The van der Waals surface area contributed by atoms with Gasteiger partial charge in [0.25, 0.3) is 0 Å². The van der Waals surface area contributed by atoms with Crippen LogP contribution < -0.4 is 16.3 Å². The molecule has 0 spiro atoms. The standard InChI is InChI=1S/C22H33N5O2/c1-15(2)20(26-11-9-16(3)10-12-26)14-23-21(28)25-18-7-5-6-8-19(18)27-17(4)13-24-22(27)29/h5-8,13,15-16,20H,9-12,14H2,1-4H3,(H,24,29)(H2,23,25,28). The van der Waals surface area contributed by atoms with Gasteiger partial charge in [-0.15, -0.1) is 0 Å². The van der Waals surface area contributed by atoms with Crippen LogP contribution in [0.4, 0.5) is 10.5 Å². The highest BCUT2D eigenvalue weighted by atomic mass is 16.2. The van der Waals surface area contributed by atoms with Crippen LogP contribution in [0.25, 0.3) is 5.69 Å². The Kier molecular flexibility index (Phi) is 6.79. The van der Waals surface area contributed by atoms with Gasteiger partial charge in [0.2, 0.25) is 0 Å². The normalized spacial score (nSPS) is 16.7. The minimum atomic E-state index is -0.255. The number of carbonyl (C=O) groups excluding carboxylic acids is 1. The molecule has 3 rings (SSSR count). The molecule has 0 aliphatic carbocycles. The van der Waals surface area contributed by atoms with E-state index in [1.807, 2.05) is 25.1 Å². The summed E-state index contributed by atoms with van der Waals surface area (Å²) in [5.74, 6) is 1.24. The number of anilines is 1. The second-order valence-electron chi connectivity index (χ2n) is 8.45. The first kappa shape index (κ1) is 21.2. The first-order valence-electron chi connectivity index (χ1n) is 10.5. The van der Waals surface area contributed by atoms with Crippen LogP contribution in [0.2, 0.25) is 0 Å². The van der Waals surface area contributed by atoms with Gasteiger partial charge in [0, 0.05) is 24.5 Å². The van der Waals surface area contributed by atoms with Gasteiger partial charge in [-0.3, -0.25) is 9.47 Å². The van der Waals surface area contributed by atoms with Crippen molar-refractivity contribution in [3.05, 3.63) is 46.6 Å². The molecule has 7 heteroatoms. The van der Waals surface area contributed by atoms with Gasteiger partial charge in [-0.2, -0.15) is 0 Å². The summed E-state index contributed by atoms with van der Waals surface area (Å²) in [4.78, 5) is 30.0. The Morgan fingerprint density at radius 2 is 1.93 bits per heavy atom. The van der Waals surface area contributed by atoms with E-state index in [2.05, 4.69) is 41.3 Å². The number of para-hydroxylation sites is 2. The quantitative estimate of drug-likeness (QED) is 0.697. The maximum Gasteiger partial charge on any atom is 0.330 e. The number of likely N-dealkylation sites (tertiary alicyclic amines) is 1. The van der Waals surface area contributed by atoms with E-state index in [0.29, 0.717) is 29.9 Å². The molecule has 7 nitrogen and oxygen atoms in total. The van der Waals surface area contributed by atoms with Gasteiger partial charge in [-0.05, 0) is 56.8 Å². The zero-order chi connectivity index (χ0) is 21.0. The number of aromatic nitrogens is 2. The molecule has 1 aliphatic rings. The molecule has 2 heterocycles. The van der Waals surface area contributed by atoms with Crippen molar-refractivity contribution < 1.29 is 4.79 Å². The van der Waals surface area contributed by atoms with E-state index in [0.717, 1.165) is 24.7 Å². The van der Waals surface area contributed by atoms with Crippen molar-refractivity contribution in [2.45, 2.75) is 46.6 Å². The molecular formula is C22H33N5O2. The fourth-order valence-electron chi connectivity index (χ4n) is 4.04. The molecular weight excluding hydrogens is 366 g/mol. The third-order valence-electron chi connectivity index (χ3n) is 5.88. The number of nitrogens with one attached hydrogen (secondary N) is 3. The minimum absolute atomic E-state index is 0.226. The van der Waals surface area contributed by atoms with Crippen LogP contribution in [-0.4, -0.2) is 46.2 Å². The number of amides is 2. The molecule has 0 radical (unpaired) electrons. The van der Waals surface area contributed by atoms with Gasteiger partial charge in [0.05, 0.1) is 11.4 Å². The van der Waals surface area contributed by atoms with E-state index in [1.165, 1.54) is 12.8 Å². The number of benzene rings is 1. The summed E-state index contributed by atoms with van der Waals surface area (Å²) < 4.78 is 1.56. The smallest absolute Gasteiger partial charge is 0.330 e. The van der Waals surface area contributed by atoms with E-state index in [4.69, 9.17) is 0 Å². The lowest BCUT2D eigenvalue weighted by molar-refractivity contribution is 0.108. The van der Waals surface area contributed by atoms with E-state index in [9.17, 15) is 9.59 Å². The molecule has 29 heavy (non-hydrogen) atoms. The Labute approximate surface area is 172 Å². The summed E-state index contributed by atoms with van der Waals surface area (Å²) in [7, 11) is 0. The molecule has 0 bridgehead atoms. The highest BCUT2D eigenvalue weighted by Crippen LogP contribution is 2.22. The van der Waals surface area contributed by atoms with Crippen molar-refractivity contribution in [3.63, 3.8) is 0 Å². The third kappa shape index (κ3) is 5.09. The molecule has 2 aromatic rings. The summed E-state index contributed by atoms with van der Waals surface area (Å²) in [6.45, 7) is 11.3. The number of imidazole rings is 1. The lowest BCUT2D eigenvalue weighted by Gasteiger charge is -2.38. The van der Waals surface area contributed by atoms with Gasteiger partial charge in [-0.25, -0.2) is 9.59 Å². The van der Waals surface area contributed by atoms with E-state index >= 15 is 0 Å². The number of aryl methyl sites for hydroxylation is 1. The average molecular weight is 400 g/mol. The maximum atomic E-state index is 12.6. The van der Waals surface area contributed by atoms with Crippen LogP contribution in [-0.2, 0) is 0 Å². The predicted molar refractivity (Wildman–Crippen MR) is 117 cm³/mol. The molecule has 1 atom stereocenters. The van der Waals surface area contributed by atoms with Crippen LogP contribution in [0.1, 0.15) is 39.3 Å². The van der Waals surface area contributed by atoms with Gasteiger partial charge in [0.15, 0.2) is 0 Å². The number of rotatable bonds is 6. The Morgan fingerprint density at radius 1 is 1.24 bits per heavy atom. The monoisotopic (exact) mass is 399 g/mol. The van der Waals surface area contributed by atoms with Crippen LogP contribution in [0, 0.1) is 18.8 Å². The van der Waals surface area contributed by atoms with Crippen molar-refractivity contribution >= 4 is 11.7 Å². The predicted octanol–water partition coefficient (Wildman–Crippen LogP) is 3.35. The number of urea groups is 1. The highest BCUT2D eigenvalue weighted by Gasteiger charge is 2.26. The average Bonchev–Trinajstić information content (AvgIpc) is 3.02. The lowest BCUT2D eigenvalue weighted by atomic mass is 9.94. The number of nitrogens with zero attached hydrogens (tertiary/aromatic N) is 2. The zero-order valence-electron chi connectivity index (χ0n) is 17.9. The Morgan fingerprint density at radius 3 is 2.55 bits per heavy atom. The Hall–Kier alpha value is -2.54. The number of H-pyrrole nitrogens is 1. The lowest BCUT2D eigenvalue weighted by Crippen LogP contribution is -2.50.